The van der Waals surface area contributed by atoms with Crippen LogP contribution >= 0.6 is 0 Å². The van der Waals surface area contributed by atoms with Gasteiger partial charge < -0.3 is 72.1 Å². The molecule has 3 unspecified atom stereocenters. The van der Waals surface area contributed by atoms with Gasteiger partial charge in [-0.05, 0) is 77.7 Å². The zero-order valence-electron chi connectivity index (χ0n) is 46.4. The highest BCUT2D eigenvalue weighted by Crippen LogP contribution is 2.20. The number of rotatable bonds is 44. The number of nitrogens with two attached hydrogens (primary N) is 1. The quantitative estimate of drug-likeness (QED) is 0.0146. The van der Waals surface area contributed by atoms with Gasteiger partial charge in [-0.1, -0.05) is 173 Å². The molecule has 0 amide bonds. The van der Waals surface area contributed by atoms with Crippen molar-refractivity contribution in [1.29, 1.82) is 0 Å². The summed E-state index contributed by atoms with van der Waals surface area (Å²) < 4.78 is 0. The molecule has 0 aromatic carbocycles. The van der Waals surface area contributed by atoms with Crippen molar-refractivity contribution < 1.29 is 76.0 Å². The van der Waals surface area contributed by atoms with Gasteiger partial charge in [0.1, 0.15) is 5.78 Å². The van der Waals surface area contributed by atoms with Crippen LogP contribution in [0.1, 0.15) is 118 Å². The van der Waals surface area contributed by atoms with Crippen molar-refractivity contribution in [2.75, 3.05) is 6.54 Å². The second-order valence-electron chi connectivity index (χ2n) is 20.0. The molecule has 440 valence electrons. The van der Waals surface area contributed by atoms with Gasteiger partial charge in [-0.3, -0.25) is 4.79 Å². The molecule has 0 bridgehead atoms. The van der Waals surface area contributed by atoms with Gasteiger partial charge in [0.05, 0.1) is 73.2 Å². The zero-order valence-corrected chi connectivity index (χ0v) is 46.4. The lowest BCUT2D eigenvalue weighted by Crippen LogP contribution is -2.32. The fourth-order valence-electron chi connectivity index (χ4n) is 7.63. The van der Waals surface area contributed by atoms with E-state index >= 15 is 0 Å². The summed E-state index contributed by atoms with van der Waals surface area (Å²) in [5.74, 6) is -2.60. The van der Waals surface area contributed by atoms with Crippen molar-refractivity contribution in [3.8, 4) is 0 Å². The van der Waals surface area contributed by atoms with Crippen molar-refractivity contribution in [3.63, 3.8) is 0 Å². The van der Waals surface area contributed by atoms with Gasteiger partial charge in [0, 0.05) is 49.0 Å². The topological polar surface area (TPSA) is 323 Å². The van der Waals surface area contributed by atoms with Crippen molar-refractivity contribution in [2.24, 2.45) is 23.5 Å². The van der Waals surface area contributed by atoms with E-state index in [-0.39, 0.29) is 87.4 Å². The van der Waals surface area contributed by atoms with Gasteiger partial charge in [0.15, 0.2) is 0 Å². The molecule has 0 aromatic heterocycles. The number of unbranched alkanes of at least 4 members (excludes halogenated alkanes) is 1. The van der Waals surface area contributed by atoms with E-state index in [9.17, 15) is 70.9 Å². The second kappa shape index (κ2) is 46.0. The third-order valence-corrected chi connectivity index (χ3v) is 12.6. The predicted molar refractivity (Wildman–Crippen MR) is 309 cm³/mol. The van der Waals surface area contributed by atoms with Crippen LogP contribution in [-0.4, -0.2) is 158 Å². The first kappa shape index (κ1) is 73.2. The highest BCUT2D eigenvalue weighted by molar-refractivity contribution is 5.86. The van der Waals surface area contributed by atoms with Crippen molar-refractivity contribution >= 4 is 11.8 Å². The zero-order chi connectivity index (χ0) is 58.7. The maximum absolute atomic E-state index is 12.8. The third kappa shape index (κ3) is 40.4. The van der Waals surface area contributed by atoms with Crippen LogP contribution in [0.4, 0.5) is 0 Å². The van der Waals surface area contributed by atoms with Crippen LogP contribution in [0.5, 0.6) is 0 Å². The van der Waals surface area contributed by atoms with Gasteiger partial charge in [0.25, 0.3) is 0 Å². The first-order valence-electron chi connectivity index (χ1n) is 27.4. The van der Waals surface area contributed by atoms with Crippen molar-refractivity contribution in [2.45, 2.75) is 191 Å². The Morgan fingerprint density at radius 1 is 0.462 bits per heavy atom. The summed E-state index contributed by atoms with van der Waals surface area (Å²) in [4.78, 5) is 23.5. The van der Waals surface area contributed by atoms with E-state index in [4.69, 9.17) is 10.8 Å². The van der Waals surface area contributed by atoms with Gasteiger partial charge in [-0.25, -0.2) is 4.79 Å². The normalized spacial score (nSPS) is 19.5. The molecular formula is C62H97NO15. The monoisotopic (exact) mass is 1100 g/mol. The number of aliphatic carboxylic acids is 1. The summed E-state index contributed by atoms with van der Waals surface area (Å²) in [6, 6.07) is 0. The first-order chi connectivity index (χ1) is 37.1. The van der Waals surface area contributed by atoms with Crippen molar-refractivity contribution in [1.82, 2.24) is 0 Å². The van der Waals surface area contributed by atoms with Gasteiger partial charge >= 0.3 is 5.97 Å². The summed E-state index contributed by atoms with van der Waals surface area (Å²) >= 11 is 0. The Bertz CT molecular complexity index is 2000. The van der Waals surface area contributed by atoms with Crippen LogP contribution in [0.3, 0.4) is 0 Å². The number of carbonyl (C=O) groups is 2. The van der Waals surface area contributed by atoms with Crippen LogP contribution in [0.15, 0.2) is 157 Å². The Kier molecular flexibility index (Phi) is 43.2. The minimum Gasteiger partial charge on any atom is -0.478 e. The molecule has 15 atom stereocenters. The number of carbonyl (C=O) groups excluding carboxylic acids is 1. The molecule has 0 saturated carbocycles. The Labute approximate surface area is 464 Å². The minimum absolute atomic E-state index is 0.0233. The first-order valence-corrected chi connectivity index (χ1v) is 27.4. The van der Waals surface area contributed by atoms with Gasteiger partial charge in [-0.2, -0.15) is 0 Å². The summed E-state index contributed by atoms with van der Waals surface area (Å²) in [6.45, 7) is 7.27. The average Bonchev–Trinajstić information content (AvgIpc) is 3.37. The molecule has 0 rings (SSSR count). The SMILES string of the molecule is C\C(=C/C=C/C=C/CC/C=C/C(C)[C@H](O)[C@@H](C)[C@H](O)/C=C/C=C/C=C/C=C/C=C/C=C/CC(O)C(C)C(=O)C[C@H](O)C[C@H](O)/C=C/C[C@H](O)C[C@@H](O)C[C@H](O)/C=C/C[C@@H](O)C[C@H](O)/C=C/C[C@@H](O)C[C@@H](O)CCCN)C(=O)O. The third-order valence-electron chi connectivity index (χ3n) is 12.6. The van der Waals surface area contributed by atoms with Gasteiger partial charge in [-0.15, -0.1) is 0 Å². The maximum atomic E-state index is 12.8. The molecule has 0 saturated heterocycles. The lowest BCUT2D eigenvalue weighted by atomic mass is 9.88. The van der Waals surface area contributed by atoms with Crippen LogP contribution in [0, 0.1) is 17.8 Å². The predicted octanol–water partition coefficient (Wildman–Crippen LogP) is 5.92. The average molecular weight is 1100 g/mol. The van der Waals surface area contributed by atoms with E-state index in [0.717, 1.165) is 12.8 Å². The number of Topliss-reactive ketones (excluding diaryl/α,β-unsaturated/α-hetero) is 1. The van der Waals surface area contributed by atoms with E-state index in [1.54, 1.807) is 80.7 Å². The number of aliphatic hydroxyl groups excluding tert-OH is 12. The number of aliphatic hydroxyl groups is 12. The van der Waals surface area contributed by atoms with Crippen LogP contribution < -0.4 is 5.73 Å². The lowest BCUT2D eigenvalue weighted by Gasteiger charge is -2.25. The highest BCUT2D eigenvalue weighted by atomic mass is 16.4. The Morgan fingerprint density at radius 2 is 0.910 bits per heavy atom. The Balaban J connectivity index is 4.49. The summed E-state index contributed by atoms with van der Waals surface area (Å²) in [5.41, 5.74) is 5.69. The van der Waals surface area contributed by atoms with Crippen LogP contribution in [0.25, 0.3) is 0 Å². The van der Waals surface area contributed by atoms with E-state index in [0.29, 0.717) is 19.4 Å². The molecule has 0 aliphatic rings. The van der Waals surface area contributed by atoms with E-state index in [1.807, 2.05) is 55.5 Å². The van der Waals surface area contributed by atoms with Gasteiger partial charge in [0.2, 0.25) is 0 Å². The van der Waals surface area contributed by atoms with E-state index in [1.165, 1.54) is 43.4 Å². The summed E-state index contributed by atoms with van der Waals surface area (Å²) in [7, 11) is 0. The molecule has 0 spiro atoms. The molecule has 16 heteroatoms. The molecule has 16 nitrogen and oxygen atoms in total. The fraction of sp³-hybridized carbons (Fsp3) is 0.548. The van der Waals surface area contributed by atoms with Crippen LogP contribution in [-0.2, 0) is 9.59 Å². The highest BCUT2D eigenvalue weighted by Gasteiger charge is 2.25. The lowest BCUT2D eigenvalue weighted by molar-refractivity contribution is -0.132. The Morgan fingerprint density at radius 3 is 1.45 bits per heavy atom. The summed E-state index contributed by atoms with van der Waals surface area (Å²) in [6.07, 6.45) is 34.8. The van der Waals surface area contributed by atoms with E-state index in [2.05, 4.69) is 0 Å². The molecule has 15 N–H and O–H groups in total. The minimum atomic E-state index is -1.17. The number of hydrogen-bond acceptors (Lipinski definition) is 15. The largest absolute Gasteiger partial charge is 0.478 e. The molecule has 0 radical (unpaired) electrons. The number of carboxylic acids is 1. The number of allylic oxidation sites excluding steroid dienone is 16. The molecule has 0 fully saturated rings. The fourth-order valence-corrected chi connectivity index (χ4v) is 7.63. The standard InChI is InChI=1S/C62H97NO15/c1-45(27-19-15-11-10-12-16-20-28-46(2)62(77)78)61(76)48(4)59(74)37-22-18-14-9-7-5-6-8-13-17-21-36-58(73)47(3)60(75)44-57(72)43-54(69)34-25-33-53(68)42-56(71)41-52(67)32-24-31-50(65)39-49(64)29-23-30-51(66)40-55(70)35-26-38-63/h5-10,12-14,16-25,27-29,32,34,37,45,47-59,61,64-74,76H,11,15,26,30-31,33,35-36,38-44,63H2,1-4H3,(H,77,78)/b6-5+,9-7+,12-10+,13-8+,18-14+,20-16+,21-17+,27-19+,29-23+,32-24+,34-25+,37-22+,46-28+/t45?,47?,48-,49+,50+,51+,52+,53-,54+,55-,56-,57+,58?,59+,61-/m0/s1. The maximum Gasteiger partial charge on any atom is 0.331 e. The Hall–Kier alpha value is -4.76. The number of carboxylic acid groups (broad SMARTS) is 1. The number of hydrogen-bond donors (Lipinski definition) is 14. The molecule has 0 aliphatic carbocycles. The number of ketones is 1. The van der Waals surface area contributed by atoms with E-state index < -0.39 is 85.1 Å². The smallest absolute Gasteiger partial charge is 0.331 e. The van der Waals surface area contributed by atoms with Crippen LogP contribution in [0.2, 0.25) is 0 Å². The summed E-state index contributed by atoms with van der Waals surface area (Å²) in [5, 5.41) is 133. The van der Waals surface area contributed by atoms with Crippen molar-refractivity contribution in [3.05, 3.63) is 157 Å². The molecule has 78 heavy (non-hydrogen) atoms. The second-order valence-corrected chi connectivity index (χ2v) is 20.0. The molecule has 0 aliphatic heterocycles. The molecular weight excluding hydrogens is 999 g/mol. The molecule has 0 aromatic rings. The molecule has 0 heterocycles.